The molecule has 0 aliphatic carbocycles. The van der Waals surface area contributed by atoms with E-state index in [1.807, 2.05) is 6.07 Å². The van der Waals surface area contributed by atoms with Gasteiger partial charge in [-0.3, -0.25) is 4.90 Å². The summed E-state index contributed by atoms with van der Waals surface area (Å²) in [6.45, 7) is 8.61. The van der Waals surface area contributed by atoms with Gasteiger partial charge < -0.3 is 10.4 Å². The summed E-state index contributed by atoms with van der Waals surface area (Å²) in [6.07, 6.45) is 2.54. The molecule has 0 aromatic heterocycles. The minimum atomic E-state index is -0.865. The van der Waals surface area contributed by atoms with Crippen molar-refractivity contribution in [2.75, 3.05) is 19.6 Å². The number of likely N-dealkylation sites (tertiary alicyclic amines) is 1. The predicted octanol–water partition coefficient (Wildman–Crippen LogP) is 2.59. The van der Waals surface area contributed by atoms with Crippen LogP contribution >= 0.6 is 0 Å². The third kappa shape index (κ3) is 4.83. The quantitative estimate of drug-likeness (QED) is 0.810. The second kappa shape index (κ2) is 7.57. The topological polar surface area (TPSA) is 52.6 Å². The Balaban J connectivity index is 1.81. The molecule has 1 aliphatic heterocycles. The van der Waals surface area contributed by atoms with Crippen LogP contribution in [-0.4, -0.2) is 41.7 Å². The first-order valence-corrected chi connectivity index (χ1v) is 7.83. The van der Waals surface area contributed by atoms with Crippen molar-refractivity contribution in [1.29, 1.82) is 0 Å². The summed E-state index contributed by atoms with van der Waals surface area (Å²) in [7, 11) is 0. The molecule has 0 amide bonds. The van der Waals surface area contributed by atoms with Crippen molar-refractivity contribution < 1.29 is 9.90 Å². The van der Waals surface area contributed by atoms with Crippen LogP contribution in [0.15, 0.2) is 24.3 Å². The zero-order valence-corrected chi connectivity index (χ0v) is 13.0. The maximum absolute atomic E-state index is 11.0. The molecule has 2 rings (SSSR count). The zero-order chi connectivity index (χ0) is 15.2. The first-order chi connectivity index (χ1) is 10.1. The highest BCUT2D eigenvalue weighted by molar-refractivity contribution is 5.87. The molecule has 0 radical (unpaired) electrons. The fraction of sp³-hybridized carbons (Fsp3) is 0.588. The fourth-order valence-corrected chi connectivity index (χ4v) is 3.03. The molecule has 1 aliphatic rings. The minimum absolute atomic E-state index is 0.358. The van der Waals surface area contributed by atoms with E-state index in [1.54, 1.807) is 18.2 Å². The molecule has 1 aromatic rings. The lowest BCUT2D eigenvalue weighted by atomic mass is 10.1. The van der Waals surface area contributed by atoms with Gasteiger partial charge in [0, 0.05) is 25.7 Å². The Morgan fingerprint density at radius 3 is 3.00 bits per heavy atom. The summed E-state index contributed by atoms with van der Waals surface area (Å²) in [5.74, 6) is -0.159. The minimum Gasteiger partial charge on any atom is -0.478 e. The monoisotopic (exact) mass is 290 g/mol. The Hall–Kier alpha value is -1.39. The van der Waals surface area contributed by atoms with Crippen LogP contribution in [-0.2, 0) is 6.54 Å². The number of carboxylic acids is 1. The van der Waals surface area contributed by atoms with Gasteiger partial charge >= 0.3 is 5.97 Å². The van der Waals surface area contributed by atoms with Crippen LogP contribution in [0.4, 0.5) is 0 Å². The highest BCUT2D eigenvalue weighted by atomic mass is 16.4. The summed E-state index contributed by atoms with van der Waals surface area (Å²) >= 11 is 0. The van der Waals surface area contributed by atoms with Gasteiger partial charge in [-0.15, -0.1) is 0 Å². The van der Waals surface area contributed by atoms with Gasteiger partial charge in [-0.25, -0.2) is 4.79 Å². The van der Waals surface area contributed by atoms with Crippen LogP contribution in [0.25, 0.3) is 0 Å². The number of nitrogens with zero attached hydrogens (tertiary/aromatic N) is 1. The highest BCUT2D eigenvalue weighted by Gasteiger charge is 2.24. The number of benzene rings is 1. The Morgan fingerprint density at radius 1 is 1.48 bits per heavy atom. The van der Waals surface area contributed by atoms with Gasteiger partial charge in [-0.05, 0) is 43.0 Å². The van der Waals surface area contributed by atoms with Gasteiger partial charge in [0.2, 0.25) is 0 Å². The van der Waals surface area contributed by atoms with Crippen molar-refractivity contribution >= 4 is 5.97 Å². The maximum atomic E-state index is 11.0. The van der Waals surface area contributed by atoms with E-state index < -0.39 is 5.97 Å². The van der Waals surface area contributed by atoms with E-state index in [-0.39, 0.29) is 0 Å². The van der Waals surface area contributed by atoms with E-state index in [2.05, 4.69) is 24.1 Å². The molecule has 4 heteroatoms. The molecule has 116 valence electrons. The van der Waals surface area contributed by atoms with Crippen LogP contribution in [0, 0.1) is 5.92 Å². The highest BCUT2D eigenvalue weighted by Crippen LogP contribution is 2.18. The predicted molar refractivity (Wildman–Crippen MR) is 84.5 cm³/mol. The molecule has 1 heterocycles. The van der Waals surface area contributed by atoms with Crippen LogP contribution in [0.1, 0.15) is 42.6 Å². The Morgan fingerprint density at radius 2 is 2.29 bits per heavy atom. The average molecular weight is 290 g/mol. The number of hydrogen-bond donors (Lipinski definition) is 2. The molecular formula is C17H26N2O2. The van der Waals surface area contributed by atoms with Crippen LogP contribution in [0.3, 0.4) is 0 Å². The summed E-state index contributed by atoms with van der Waals surface area (Å²) in [4.78, 5) is 13.5. The largest absolute Gasteiger partial charge is 0.478 e. The Bertz CT molecular complexity index is 474. The van der Waals surface area contributed by atoms with Crippen LogP contribution in [0.2, 0.25) is 0 Å². The lowest BCUT2D eigenvalue weighted by Crippen LogP contribution is -2.39. The molecule has 1 atom stereocenters. The zero-order valence-electron chi connectivity index (χ0n) is 13.0. The van der Waals surface area contributed by atoms with E-state index >= 15 is 0 Å². The Labute approximate surface area is 127 Å². The van der Waals surface area contributed by atoms with Crippen molar-refractivity contribution in [3.63, 3.8) is 0 Å². The molecule has 0 saturated carbocycles. The lowest BCUT2D eigenvalue weighted by molar-refractivity contribution is 0.0696. The van der Waals surface area contributed by atoms with Crippen molar-refractivity contribution in [3.8, 4) is 0 Å². The second-order valence-corrected chi connectivity index (χ2v) is 6.32. The summed E-state index contributed by atoms with van der Waals surface area (Å²) in [5, 5.41) is 12.5. The van der Waals surface area contributed by atoms with E-state index in [9.17, 15) is 4.79 Å². The van der Waals surface area contributed by atoms with Crippen LogP contribution in [0.5, 0.6) is 0 Å². The van der Waals surface area contributed by atoms with Crippen molar-refractivity contribution in [2.45, 2.75) is 39.3 Å². The molecule has 21 heavy (non-hydrogen) atoms. The van der Waals surface area contributed by atoms with Gasteiger partial charge in [0.15, 0.2) is 0 Å². The third-order valence-corrected chi connectivity index (χ3v) is 3.98. The van der Waals surface area contributed by atoms with Gasteiger partial charge in [0.05, 0.1) is 5.56 Å². The maximum Gasteiger partial charge on any atom is 0.335 e. The molecule has 1 fully saturated rings. The fourth-order valence-electron chi connectivity index (χ4n) is 3.03. The normalized spacial score (nSPS) is 19.3. The molecule has 0 bridgehead atoms. The Kier molecular flexibility index (Phi) is 5.76. The molecule has 4 nitrogen and oxygen atoms in total. The molecule has 1 saturated heterocycles. The number of carbonyl (C=O) groups is 1. The van der Waals surface area contributed by atoms with Gasteiger partial charge in [-0.2, -0.15) is 0 Å². The summed E-state index contributed by atoms with van der Waals surface area (Å²) in [5.41, 5.74) is 1.39. The van der Waals surface area contributed by atoms with E-state index in [0.29, 0.717) is 17.5 Å². The van der Waals surface area contributed by atoms with E-state index in [1.165, 1.54) is 25.9 Å². The van der Waals surface area contributed by atoms with Crippen molar-refractivity contribution in [3.05, 3.63) is 35.4 Å². The first-order valence-electron chi connectivity index (χ1n) is 7.83. The first kappa shape index (κ1) is 16.0. The molecule has 1 aromatic carbocycles. The molecule has 0 spiro atoms. The molecular weight excluding hydrogens is 264 g/mol. The smallest absolute Gasteiger partial charge is 0.335 e. The summed E-state index contributed by atoms with van der Waals surface area (Å²) in [6, 6.07) is 7.78. The van der Waals surface area contributed by atoms with Gasteiger partial charge in [0.25, 0.3) is 0 Å². The number of nitrogens with one attached hydrogen (secondary N) is 1. The third-order valence-electron chi connectivity index (χ3n) is 3.98. The van der Waals surface area contributed by atoms with E-state index in [0.717, 1.165) is 18.7 Å². The number of aromatic carboxylic acids is 1. The van der Waals surface area contributed by atoms with Crippen molar-refractivity contribution in [2.24, 2.45) is 5.92 Å². The lowest BCUT2D eigenvalue weighted by Gasteiger charge is -2.26. The average Bonchev–Trinajstić information content (AvgIpc) is 2.86. The number of hydrogen-bond acceptors (Lipinski definition) is 3. The second-order valence-electron chi connectivity index (χ2n) is 6.32. The molecule has 0 unspecified atom stereocenters. The number of rotatable bonds is 7. The summed E-state index contributed by atoms with van der Waals surface area (Å²) < 4.78 is 0. The van der Waals surface area contributed by atoms with Crippen molar-refractivity contribution in [1.82, 2.24) is 10.2 Å². The standard InChI is InChI=1S/C17H26N2O2/c1-13(2)12-19-8-4-7-16(19)11-18-10-14-5-3-6-15(9-14)17(20)21/h3,5-6,9,13,16,18H,4,7-8,10-12H2,1-2H3,(H,20,21)/t16-/m1/s1. The van der Waals surface area contributed by atoms with Crippen LogP contribution < -0.4 is 5.32 Å². The SMILES string of the molecule is CC(C)CN1CCC[C@@H]1CNCc1cccc(C(=O)O)c1. The number of carboxylic acid groups (broad SMARTS) is 1. The van der Waals surface area contributed by atoms with Gasteiger partial charge in [-0.1, -0.05) is 26.0 Å². The molecule has 2 N–H and O–H groups in total. The van der Waals surface area contributed by atoms with Gasteiger partial charge in [0.1, 0.15) is 0 Å². The van der Waals surface area contributed by atoms with E-state index in [4.69, 9.17) is 5.11 Å².